The molecule has 2 amide bonds. The molecule has 0 radical (unpaired) electrons. The molecule has 174 valence electrons. The number of likely N-dealkylation sites (N-methyl/N-ethyl adjacent to an activating group) is 1. The van der Waals surface area contributed by atoms with E-state index in [4.69, 9.17) is 5.73 Å². The quantitative estimate of drug-likeness (QED) is 0.503. The standard InChI is InChI=1S/C21H23F2N7O2S/c1-25-21(20(24)32)3-5-30(6-4-21)16-8-13(22)7-14(23)17(16)28-18(31)15-11-33-19(27-15)12-9-26-29(2)10-12/h7-11,25H,3-6H2,1-2H3,(H2,24,32)(H,28,31). The minimum absolute atomic E-state index is 0.107. The summed E-state index contributed by atoms with van der Waals surface area (Å²) in [4.78, 5) is 30.8. The molecule has 0 saturated carbocycles. The van der Waals surface area contributed by atoms with E-state index < -0.39 is 29.0 Å². The lowest BCUT2D eigenvalue weighted by Gasteiger charge is -2.41. The monoisotopic (exact) mass is 475 g/mol. The third-order valence-corrected chi connectivity index (χ3v) is 6.76. The highest BCUT2D eigenvalue weighted by molar-refractivity contribution is 7.13. The fraction of sp³-hybridized carbons (Fsp3) is 0.333. The van der Waals surface area contributed by atoms with Gasteiger partial charge in [0.05, 0.1) is 11.9 Å². The second-order valence-corrected chi connectivity index (χ2v) is 8.72. The Hall–Kier alpha value is -3.38. The normalized spacial score (nSPS) is 15.5. The summed E-state index contributed by atoms with van der Waals surface area (Å²) in [7, 11) is 3.43. The van der Waals surface area contributed by atoms with Crippen LogP contribution in [-0.4, -0.2) is 52.3 Å². The third-order valence-electron chi connectivity index (χ3n) is 5.87. The van der Waals surface area contributed by atoms with Gasteiger partial charge in [0.25, 0.3) is 5.91 Å². The molecule has 2 aromatic heterocycles. The average Bonchev–Trinajstić information content (AvgIpc) is 3.44. The lowest BCUT2D eigenvalue weighted by molar-refractivity contribution is -0.125. The fourth-order valence-corrected chi connectivity index (χ4v) is 4.68. The first kappa shape index (κ1) is 22.8. The molecule has 12 heteroatoms. The highest BCUT2D eigenvalue weighted by Gasteiger charge is 2.39. The molecule has 0 unspecified atom stereocenters. The smallest absolute Gasteiger partial charge is 0.275 e. The molecular formula is C21H23F2N7O2S. The van der Waals surface area contributed by atoms with Crippen LogP contribution in [-0.2, 0) is 11.8 Å². The van der Waals surface area contributed by atoms with Crippen LogP contribution in [0.1, 0.15) is 23.3 Å². The van der Waals surface area contributed by atoms with Crippen LogP contribution in [0.2, 0.25) is 0 Å². The maximum Gasteiger partial charge on any atom is 0.275 e. The number of primary amides is 1. The molecule has 1 saturated heterocycles. The molecule has 1 fully saturated rings. The van der Waals surface area contributed by atoms with Crippen LogP contribution in [0.5, 0.6) is 0 Å². The summed E-state index contributed by atoms with van der Waals surface area (Å²) in [5.41, 5.74) is 5.57. The van der Waals surface area contributed by atoms with Gasteiger partial charge in [-0.2, -0.15) is 5.10 Å². The van der Waals surface area contributed by atoms with Crippen molar-refractivity contribution in [2.75, 3.05) is 30.4 Å². The summed E-state index contributed by atoms with van der Waals surface area (Å²) in [5, 5.41) is 11.7. The minimum atomic E-state index is -0.901. The number of carbonyl (C=O) groups excluding carboxylic acids is 2. The van der Waals surface area contributed by atoms with E-state index in [-0.39, 0.29) is 17.1 Å². The van der Waals surface area contributed by atoms with Crippen molar-refractivity contribution in [2.24, 2.45) is 12.8 Å². The number of aromatic nitrogens is 3. The largest absolute Gasteiger partial charge is 0.370 e. The first-order chi connectivity index (χ1) is 15.7. The zero-order valence-corrected chi connectivity index (χ0v) is 18.9. The van der Waals surface area contributed by atoms with E-state index in [1.54, 1.807) is 41.5 Å². The van der Waals surface area contributed by atoms with Gasteiger partial charge in [-0.25, -0.2) is 13.8 Å². The van der Waals surface area contributed by atoms with Gasteiger partial charge in [-0.15, -0.1) is 11.3 Å². The predicted octanol–water partition coefficient (Wildman–Crippen LogP) is 2.12. The van der Waals surface area contributed by atoms with Crippen LogP contribution in [0.3, 0.4) is 0 Å². The first-order valence-corrected chi connectivity index (χ1v) is 11.1. The van der Waals surface area contributed by atoms with Crippen molar-refractivity contribution >= 4 is 34.5 Å². The topological polar surface area (TPSA) is 118 Å². The van der Waals surface area contributed by atoms with E-state index in [0.29, 0.717) is 37.0 Å². The van der Waals surface area contributed by atoms with Crippen LogP contribution in [0, 0.1) is 11.6 Å². The molecule has 0 spiro atoms. The van der Waals surface area contributed by atoms with Crippen molar-refractivity contribution in [3.8, 4) is 10.6 Å². The van der Waals surface area contributed by atoms with Gasteiger partial charge in [0.1, 0.15) is 27.7 Å². The zero-order valence-electron chi connectivity index (χ0n) is 18.1. The molecule has 3 heterocycles. The second kappa shape index (κ2) is 8.87. The molecule has 9 nitrogen and oxygen atoms in total. The number of halogens is 2. The number of benzene rings is 1. The summed E-state index contributed by atoms with van der Waals surface area (Å²) in [5.74, 6) is -2.77. The maximum atomic E-state index is 14.8. The van der Waals surface area contributed by atoms with Crippen molar-refractivity contribution in [2.45, 2.75) is 18.4 Å². The fourth-order valence-electron chi connectivity index (χ4n) is 3.90. The number of rotatable bonds is 6. The Morgan fingerprint density at radius 3 is 2.58 bits per heavy atom. The van der Waals surface area contributed by atoms with Crippen molar-refractivity contribution in [3.63, 3.8) is 0 Å². The number of hydrogen-bond acceptors (Lipinski definition) is 7. The van der Waals surface area contributed by atoms with Crippen LogP contribution < -0.4 is 21.3 Å². The number of thiazole rings is 1. The Bertz CT molecular complexity index is 1200. The predicted molar refractivity (Wildman–Crippen MR) is 121 cm³/mol. The number of piperidine rings is 1. The van der Waals surface area contributed by atoms with Crippen LogP contribution in [0.15, 0.2) is 29.9 Å². The van der Waals surface area contributed by atoms with E-state index >= 15 is 0 Å². The van der Waals surface area contributed by atoms with Crippen LogP contribution >= 0.6 is 11.3 Å². The summed E-state index contributed by atoms with van der Waals surface area (Å²) in [6, 6.07) is 1.88. The van der Waals surface area contributed by atoms with Gasteiger partial charge in [0.15, 0.2) is 5.82 Å². The Morgan fingerprint density at radius 2 is 1.97 bits per heavy atom. The Morgan fingerprint density at radius 1 is 1.24 bits per heavy atom. The van der Waals surface area contributed by atoms with E-state index in [1.165, 1.54) is 11.3 Å². The number of nitrogens with one attached hydrogen (secondary N) is 2. The van der Waals surface area contributed by atoms with Crippen molar-refractivity contribution in [3.05, 3.63) is 47.2 Å². The van der Waals surface area contributed by atoms with Crippen LogP contribution in [0.25, 0.3) is 10.6 Å². The van der Waals surface area contributed by atoms with E-state index in [9.17, 15) is 18.4 Å². The molecule has 4 N–H and O–H groups in total. The van der Waals surface area contributed by atoms with Gasteiger partial charge in [0, 0.05) is 43.3 Å². The van der Waals surface area contributed by atoms with Gasteiger partial charge in [0.2, 0.25) is 5.91 Å². The lowest BCUT2D eigenvalue weighted by Crippen LogP contribution is -2.59. The number of aryl methyl sites for hydroxylation is 1. The number of amides is 2. The molecule has 1 aliphatic heterocycles. The van der Waals surface area contributed by atoms with Gasteiger partial charge in [-0.05, 0) is 26.0 Å². The highest BCUT2D eigenvalue weighted by atomic mass is 32.1. The summed E-state index contributed by atoms with van der Waals surface area (Å²) in [6.45, 7) is 0.634. The molecule has 1 aromatic carbocycles. The zero-order chi connectivity index (χ0) is 23.8. The van der Waals surface area contributed by atoms with E-state index in [1.807, 2.05) is 0 Å². The van der Waals surface area contributed by atoms with Gasteiger partial charge >= 0.3 is 0 Å². The van der Waals surface area contributed by atoms with Crippen molar-refractivity contribution in [1.29, 1.82) is 0 Å². The highest BCUT2D eigenvalue weighted by Crippen LogP contribution is 2.34. The Balaban J connectivity index is 1.57. The molecule has 33 heavy (non-hydrogen) atoms. The molecule has 4 rings (SSSR count). The van der Waals surface area contributed by atoms with Crippen LogP contribution in [0.4, 0.5) is 20.2 Å². The summed E-state index contributed by atoms with van der Waals surface area (Å²) < 4.78 is 30.5. The van der Waals surface area contributed by atoms with Crippen molar-refractivity contribution < 1.29 is 18.4 Å². The van der Waals surface area contributed by atoms with E-state index in [0.717, 1.165) is 11.6 Å². The number of hydrogen-bond donors (Lipinski definition) is 3. The van der Waals surface area contributed by atoms with Gasteiger partial charge in [-0.3, -0.25) is 14.3 Å². The first-order valence-electron chi connectivity index (χ1n) is 10.2. The molecule has 0 aliphatic carbocycles. The number of carbonyl (C=O) groups is 2. The van der Waals surface area contributed by atoms with Crippen molar-refractivity contribution in [1.82, 2.24) is 20.1 Å². The second-order valence-electron chi connectivity index (χ2n) is 7.86. The molecule has 1 aliphatic rings. The Kier molecular flexibility index (Phi) is 6.13. The third kappa shape index (κ3) is 4.44. The summed E-state index contributed by atoms with van der Waals surface area (Å²) in [6.07, 6.45) is 4.10. The van der Waals surface area contributed by atoms with Gasteiger partial charge < -0.3 is 21.3 Å². The summed E-state index contributed by atoms with van der Waals surface area (Å²) >= 11 is 1.26. The number of anilines is 2. The molecule has 0 atom stereocenters. The Labute approximate surface area is 192 Å². The maximum absolute atomic E-state index is 14.8. The van der Waals surface area contributed by atoms with Gasteiger partial charge in [-0.1, -0.05) is 0 Å². The molecule has 0 bridgehead atoms. The SMILES string of the molecule is CNC1(C(N)=O)CCN(c2cc(F)cc(F)c2NC(=O)c2csc(-c3cnn(C)c3)n2)CC1. The average molecular weight is 476 g/mol. The lowest BCUT2D eigenvalue weighted by atomic mass is 9.86. The number of nitrogens with two attached hydrogens (primary N) is 1. The number of nitrogens with zero attached hydrogens (tertiary/aromatic N) is 4. The minimum Gasteiger partial charge on any atom is -0.370 e. The molecular weight excluding hydrogens is 452 g/mol. The molecule has 3 aromatic rings. The van der Waals surface area contributed by atoms with E-state index in [2.05, 4.69) is 20.7 Å².